The number of phenols is 1. The maximum Gasteiger partial charge on any atom is 0.275 e. The third kappa shape index (κ3) is 5.50. The second-order valence-corrected chi connectivity index (χ2v) is 9.14. The monoisotopic (exact) mass is 424 g/mol. The Morgan fingerprint density at radius 1 is 1.17 bits per heavy atom. The number of nitrogens with one attached hydrogen (secondary N) is 2. The minimum Gasteiger partial charge on any atom is -0.504 e. The number of carbonyl (C=O) groups excluding carboxylic acids is 1. The maximum atomic E-state index is 12.6. The summed E-state index contributed by atoms with van der Waals surface area (Å²) < 4.78 is 30.1. The van der Waals surface area contributed by atoms with E-state index in [-0.39, 0.29) is 34.3 Å². The lowest BCUT2D eigenvalue weighted by molar-refractivity contribution is 0.103. The number of benzene rings is 1. The number of aromatic hydroxyl groups is 1. The van der Waals surface area contributed by atoms with E-state index in [1.165, 1.54) is 18.3 Å². The molecule has 2 aromatic rings. The number of aromatic amines is 2. The van der Waals surface area contributed by atoms with Crippen LogP contribution in [-0.2, 0) is 9.84 Å². The van der Waals surface area contributed by atoms with Crippen LogP contribution in [0.25, 0.3) is 0 Å². The molecular formula is C20H28N2O6S. The second-order valence-electron chi connectivity index (χ2n) is 7.15. The SMILES string of the molecule is CCCCC(CCC)COc1c(S(C)(=O)=O)ccc(C(=O)c2c[nH][nH]c2=O)c1O. The van der Waals surface area contributed by atoms with Gasteiger partial charge in [-0.1, -0.05) is 33.1 Å². The third-order valence-corrected chi connectivity index (χ3v) is 5.88. The van der Waals surface area contributed by atoms with Gasteiger partial charge in [-0.2, -0.15) is 0 Å². The molecule has 0 bridgehead atoms. The molecule has 1 atom stereocenters. The number of hydrogen-bond donors (Lipinski definition) is 3. The number of rotatable bonds is 11. The van der Waals surface area contributed by atoms with E-state index in [1.54, 1.807) is 0 Å². The summed E-state index contributed by atoms with van der Waals surface area (Å²) in [5.74, 6) is -1.35. The molecule has 0 radical (unpaired) electrons. The van der Waals surface area contributed by atoms with Crippen molar-refractivity contribution in [2.75, 3.05) is 12.9 Å². The van der Waals surface area contributed by atoms with Crippen molar-refractivity contribution in [1.29, 1.82) is 0 Å². The van der Waals surface area contributed by atoms with Crippen molar-refractivity contribution in [2.45, 2.75) is 50.8 Å². The summed E-state index contributed by atoms with van der Waals surface area (Å²) >= 11 is 0. The molecule has 29 heavy (non-hydrogen) atoms. The van der Waals surface area contributed by atoms with E-state index in [0.717, 1.165) is 38.4 Å². The number of ketones is 1. The smallest absolute Gasteiger partial charge is 0.275 e. The van der Waals surface area contributed by atoms with Crippen molar-refractivity contribution in [2.24, 2.45) is 5.92 Å². The first-order valence-corrected chi connectivity index (χ1v) is 11.6. The predicted molar refractivity (Wildman–Crippen MR) is 109 cm³/mol. The third-order valence-electron chi connectivity index (χ3n) is 4.76. The van der Waals surface area contributed by atoms with Gasteiger partial charge in [0.2, 0.25) is 5.78 Å². The van der Waals surface area contributed by atoms with Crippen molar-refractivity contribution in [1.82, 2.24) is 10.2 Å². The van der Waals surface area contributed by atoms with Crippen LogP contribution in [0, 0.1) is 5.92 Å². The average Bonchev–Trinajstić information content (AvgIpc) is 3.09. The normalized spacial score (nSPS) is 12.7. The van der Waals surface area contributed by atoms with Crippen molar-refractivity contribution in [3.63, 3.8) is 0 Å². The van der Waals surface area contributed by atoms with Crippen LogP contribution in [0.5, 0.6) is 11.5 Å². The minimum atomic E-state index is -3.71. The lowest BCUT2D eigenvalue weighted by Crippen LogP contribution is -2.16. The van der Waals surface area contributed by atoms with E-state index in [4.69, 9.17) is 4.74 Å². The summed E-state index contributed by atoms with van der Waals surface area (Å²) in [6.07, 6.45) is 7.05. The molecule has 0 aliphatic carbocycles. The molecule has 8 nitrogen and oxygen atoms in total. The van der Waals surface area contributed by atoms with Crippen LogP contribution in [-0.4, -0.2) is 42.4 Å². The van der Waals surface area contributed by atoms with Gasteiger partial charge in [-0.25, -0.2) is 8.42 Å². The Morgan fingerprint density at radius 3 is 2.45 bits per heavy atom. The lowest BCUT2D eigenvalue weighted by Gasteiger charge is -2.19. The van der Waals surface area contributed by atoms with Gasteiger partial charge < -0.3 is 14.9 Å². The summed E-state index contributed by atoms with van der Waals surface area (Å²) in [5.41, 5.74) is -1.02. The first-order chi connectivity index (χ1) is 13.7. The lowest BCUT2D eigenvalue weighted by atomic mass is 9.98. The number of hydrogen-bond acceptors (Lipinski definition) is 6. The molecule has 0 aliphatic rings. The van der Waals surface area contributed by atoms with E-state index in [2.05, 4.69) is 24.0 Å². The highest BCUT2D eigenvalue weighted by Gasteiger charge is 2.26. The number of phenolic OH excluding ortho intramolecular Hbond substituents is 1. The van der Waals surface area contributed by atoms with Gasteiger partial charge in [0.1, 0.15) is 10.5 Å². The van der Waals surface area contributed by atoms with Gasteiger partial charge >= 0.3 is 0 Å². The van der Waals surface area contributed by atoms with E-state index in [1.807, 2.05) is 0 Å². The van der Waals surface area contributed by atoms with Crippen LogP contribution in [0.4, 0.5) is 0 Å². The zero-order valence-electron chi connectivity index (χ0n) is 16.9. The van der Waals surface area contributed by atoms with E-state index >= 15 is 0 Å². The quantitative estimate of drug-likeness (QED) is 0.476. The number of ether oxygens (including phenoxy) is 1. The van der Waals surface area contributed by atoms with Gasteiger partial charge in [-0.05, 0) is 30.9 Å². The van der Waals surface area contributed by atoms with Crippen molar-refractivity contribution >= 4 is 15.6 Å². The van der Waals surface area contributed by atoms with Gasteiger partial charge in [0.05, 0.1) is 12.2 Å². The fourth-order valence-electron chi connectivity index (χ4n) is 3.20. The van der Waals surface area contributed by atoms with Crippen LogP contribution in [0.2, 0.25) is 0 Å². The van der Waals surface area contributed by atoms with Crippen molar-refractivity contribution in [3.05, 3.63) is 39.8 Å². The summed E-state index contributed by atoms with van der Waals surface area (Å²) in [7, 11) is -3.71. The number of H-pyrrole nitrogens is 2. The molecule has 3 N–H and O–H groups in total. The number of unbranched alkanes of at least 4 members (excludes halogenated alkanes) is 1. The Kier molecular flexibility index (Phi) is 7.66. The summed E-state index contributed by atoms with van der Waals surface area (Å²) in [5, 5.41) is 15.4. The molecule has 160 valence electrons. The Morgan fingerprint density at radius 2 is 1.90 bits per heavy atom. The Balaban J connectivity index is 2.43. The highest BCUT2D eigenvalue weighted by atomic mass is 32.2. The average molecular weight is 425 g/mol. The molecule has 9 heteroatoms. The molecule has 0 saturated heterocycles. The van der Waals surface area contributed by atoms with Crippen LogP contribution in [0.3, 0.4) is 0 Å². The Hall–Kier alpha value is -2.55. The predicted octanol–water partition coefficient (Wildman–Crippen LogP) is 3.03. The molecule has 0 amide bonds. The zero-order valence-corrected chi connectivity index (χ0v) is 17.8. The molecule has 1 unspecified atom stereocenters. The van der Waals surface area contributed by atoms with Gasteiger partial charge in [0.25, 0.3) is 5.56 Å². The molecular weight excluding hydrogens is 396 g/mol. The summed E-state index contributed by atoms with van der Waals surface area (Å²) in [4.78, 5) is 24.2. The van der Waals surface area contributed by atoms with Crippen LogP contribution in [0.1, 0.15) is 61.9 Å². The Labute approximate surface area is 170 Å². The second kappa shape index (κ2) is 9.78. The zero-order chi connectivity index (χ0) is 21.6. The molecule has 2 rings (SSSR count). The number of carbonyl (C=O) groups is 1. The maximum absolute atomic E-state index is 12.6. The number of aromatic nitrogens is 2. The van der Waals surface area contributed by atoms with Gasteiger partial charge in [-0.3, -0.25) is 14.7 Å². The van der Waals surface area contributed by atoms with E-state index < -0.39 is 26.9 Å². The van der Waals surface area contributed by atoms with E-state index in [0.29, 0.717) is 0 Å². The van der Waals surface area contributed by atoms with Crippen molar-refractivity contribution in [3.8, 4) is 11.5 Å². The molecule has 0 saturated carbocycles. The first-order valence-electron chi connectivity index (χ1n) is 9.70. The fraction of sp³-hybridized carbons (Fsp3) is 0.500. The minimum absolute atomic E-state index is 0.190. The standard InChI is InChI=1S/C20H28N2O6S/c1-4-6-8-13(7-5-2)12-28-19-16(29(3,26)27)10-9-14(18(19)24)17(23)15-11-21-22-20(15)25/h9-11,13,24H,4-8,12H2,1-3H3,(H2,21,22,25). The van der Waals surface area contributed by atoms with Crippen LogP contribution >= 0.6 is 0 Å². The fourth-order valence-corrected chi connectivity index (χ4v) is 4.01. The van der Waals surface area contributed by atoms with Crippen LogP contribution < -0.4 is 10.3 Å². The molecule has 1 heterocycles. The van der Waals surface area contributed by atoms with Gasteiger partial charge in [-0.15, -0.1) is 0 Å². The van der Waals surface area contributed by atoms with Gasteiger partial charge in [0, 0.05) is 12.5 Å². The molecule has 1 aromatic heterocycles. The van der Waals surface area contributed by atoms with Crippen molar-refractivity contribution < 1.29 is 23.1 Å². The topological polar surface area (TPSA) is 129 Å². The molecule has 1 aromatic carbocycles. The number of sulfone groups is 1. The summed E-state index contributed by atoms with van der Waals surface area (Å²) in [6, 6.07) is 2.41. The first kappa shape index (κ1) is 22.7. The highest BCUT2D eigenvalue weighted by Crippen LogP contribution is 2.38. The Bertz CT molecular complexity index is 1010. The highest BCUT2D eigenvalue weighted by molar-refractivity contribution is 7.90. The largest absolute Gasteiger partial charge is 0.504 e. The van der Waals surface area contributed by atoms with E-state index in [9.17, 15) is 23.1 Å². The molecule has 0 aliphatic heterocycles. The summed E-state index contributed by atoms with van der Waals surface area (Å²) in [6.45, 7) is 4.38. The van der Waals surface area contributed by atoms with Crippen LogP contribution in [0.15, 0.2) is 28.0 Å². The molecule has 0 spiro atoms. The van der Waals surface area contributed by atoms with Gasteiger partial charge in [0.15, 0.2) is 21.3 Å². The molecule has 0 fully saturated rings.